The summed E-state index contributed by atoms with van der Waals surface area (Å²) in [6.07, 6.45) is 2.43. The summed E-state index contributed by atoms with van der Waals surface area (Å²) in [5.41, 5.74) is 5.49. The van der Waals surface area contributed by atoms with Gasteiger partial charge in [0.2, 0.25) is 0 Å². The molecule has 20 heavy (non-hydrogen) atoms. The number of nitrogens with one attached hydrogen (secondary N) is 1. The molecule has 1 N–H and O–H groups in total. The van der Waals surface area contributed by atoms with E-state index in [1.165, 1.54) is 35.3 Å². The van der Waals surface area contributed by atoms with Crippen LogP contribution in [-0.2, 0) is 13.0 Å². The van der Waals surface area contributed by atoms with Gasteiger partial charge in [-0.1, -0.05) is 37.3 Å². The number of aryl methyl sites for hydroxylation is 1. The van der Waals surface area contributed by atoms with Crippen LogP contribution in [0.3, 0.4) is 0 Å². The zero-order valence-electron chi connectivity index (χ0n) is 12.1. The molecular weight excluding hydrogens is 244 g/mol. The zero-order chi connectivity index (χ0) is 13.8. The van der Waals surface area contributed by atoms with E-state index >= 15 is 0 Å². The van der Waals surface area contributed by atoms with Crippen molar-refractivity contribution in [2.45, 2.75) is 26.3 Å². The highest BCUT2D eigenvalue weighted by Gasteiger charge is 2.17. The number of hydrogen-bond donors (Lipinski definition) is 1. The first-order chi connectivity index (χ1) is 9.88. The molecule has 2 aromatic carbocycles. The van der Waals surface area contributed by atoms with Crippen LogP contribution < -0.4 is 10.2 Å². The van der Waals surface area contributed by atoms with Crippen molar-refractivity contribution in [3.63, 3.8) is 0 Å². The van der Waals surface area contributed by atoms with E-state index in [2.05, 4.69) is 65.7 Å². The van der Waals surface area contributed by atoms with Crippen LogP contribution in [-0.4, -0.2) is 13.1 Å². The minimum Gasteiger partial charge on any atom is -0.341 e. The Kier molecular flexibility index (Phi) is 4.03. The monoisotopic (exact) mass is 266 g/mol. The maximum absolute atomic E-state index is 3.37. The molecule has 3 rings (SSSR count). The predicted molar refractivity (Wildman–Crippen MR) is 85.6 cm³/mol. The Morgan fingerprint density at radius 3 is 2.65 bits per heavy atom. The van der Waals surface area contributed by atoms with Crippen LogP contribution in [0.1, 0.15) is 24.5 Å². The van der Waals surface area contributed by atoms with Gasteiger partial charge in [0.25, 0.3) is 0 Å². The molecule has 2 heteroatoms. The van der Waals surface area contributed by atoms with Gasteiger partial charge in [-0.15, -0.1) is 0 Å². The van der Waals surface area contributed by atoms with E-state index in [-0.39, 0.29) is 0 Å². The summed E-state index contributed by atoms with van der Waals surface area (Å²) in [6.45, 7) is 5.22. The van der Waals surface area contributed by atoms with Crippen LogP contribution in [0.15, 0.2) is 48.5 Å². The molecule has 1 aliphatic rings. The first-order valence-corrected chi connectivity index (χ1v) is 7.53. The summed E-state index contributed by atoms with van der Waals surface area (Å²) < 4.78 is 0. The van der Waals surface area contributed by atoms with Crippen molar-refractivity contribution in [1.29, 1.82) is 0 Å². The number of nitrogens with zero attached hydrogens (tertiary/aromatic N) is 1. The second kappa shape index (κ2) is 6.10. The molecule has 0 fully saturated rings. The van der Waals surface area contributed by atoms with E-state index in [4.69, 9.17) is 0 Å². The Morgan fingerprint density at radius 1 is 1.05 bits per heavy atom. The third-order valence-corrected chi connectivity index (χ3v) is 3.94. The summed E-state index contributed by atoms with van der Waals surface area (Å²) in [4.78, 5) is 2.44. The van der Waals surface area contributed by atoms with Gasteiger partial charge < -0.3 is 10.2 Å². The minimum absolute atomic E-state index is 0.952. The maximum atomic E-state index is 3.37. The average molecular weight is 266 g/mol. The van der Waals surface area contributed by atoms with Gasteiger partial charge in [-0.2, -0.15) is 0 Å². The van der Waals surface area contributed by atoms with Crippen molar-refractivity contribution < 1.29 is 0 Å². The molecule has 0 amide bonds. The fourth-order valence-electron chi connectivity index (χ4n) is 2.86. The highest BCUT2D eigenvalue weighted by molar-refractivity contribution is 5.67. The quantitative estimate of drug-likeness (QED) is 0.903. The second-order valence-corrected chi connectivity index (χ2v) is 5.33. The molecule has 0 spiro atoms. The summed E-state index contributed by atoms with van der Waals surface area (Å²) in [5, 5.41) is 3.37. The van der Waals surface area contributed by atoms with Crippen molar-refractivity contribution in [3.05, 3.63) is 59.7 Å². The molecule has 0 aliphatic carbocycles. The van der Waals surface area contributed by atoms with Crippen LogP contribution in [0, 0.1) is 0 Å². The lowest BCUT2D eigenvalue weighted by Gasteiger charge is -2.31. The molecular formula is C18H22N2. The summed E-state index contributed by atoms with van der Waals surface area (Å²) in [7, 11) is 0. The largest absolute Gasteiger partial charge is 0.341 e. The number of fused-ring (bicyclic) bond motifs is 1. The van der Waals surface area contributed by atoms with Gasteiger partial charge in [0, 0.05) is 24.5 Å². The molecule has 2 nitrogen and oxygen atoms in total. The Hall–Kier alpha value is -1.80. The van der Waals surface area contributed by atoms with E-state index in [0.29, 0.717) is 0 Å². The first-order valence-electron chi connectivity index (χ1n) is 7.53. The molecule has 0 unspecified atom stereocenters. The van der Waals surface area contributed by atoms with Crippen LogP contribution in [0.2, 0.25) is 0 Å². The molecule has 104 valence electrons. The van der Waals surface area contributed by atoms with Gasteiger partial charge in [0.15, 0.2) is 0 Å². The molecule has 0 atom stereocenters. The van der Waals surface area contributed by atoms with Crippen molar-refractivity contribution in [2.24, 2.45) is 0 Å². The third-order valence-electron chi connectivity index (χ3n) is 3.94. The van der Waals surface area contributed by atoms with Gasteiger partial charge in [-0.3, -0.25) is 0 Å². The van der Waals surface area contributed by atoms with Crippen LogP contribution >= 0.6 is 0 Å². The van der Waals surface area contributed by atoms with Crippen LogP contribution in [0.4, 0.5) is 11.4 Å². The Morgan fingerprint density at radius 2 is 1.85 bits per heavy atom. The third kappa shape index (κ3) is 2.70. The SMILES string of the molecule is CCNCc1ccc(N2CCCc3ccccc32)cc1. The van der Waals surface area contributed by atoms with Gasteiger partial charge in [-0.25, -0.2) is 0 Å². The number of rotatable bonds is 4. The molecule has 0 radical (unpaired) electrons. The van der Waals surface area contributed by atoms with E-state index in [9.17, 15) is 0 Å². The summed E-state index contributed by atoms with van der Waals surface area (Å²) in [6, 6.07) is 17.7. The van der Waals surface area contributed by atoms with E-state index in [0.717, 1.165) is 19.6 Å². The molecule has 2 aromatic rings. The normalized spacial score (nSPS) is 14.2. The van der Waals surface area contributed by atoms with Gasteiger partial charge >= 0.3 is 0 Å². The molecule has 1 aliphatic heterocycles. The average Bonchev–Trinajstić information content (AvgIpc) is 2.53. The fraction of sp³-hybridized carbons (Fsp3) is 0.333. The van der Waals surface area contributed by atoms with E-state index < -0.39 is 0 Å². The highest BCUT2D eigenvalue weighted by Crippen LogP contribution is 2.33. The Balaban J connectivity index is 1.83. The minimum atomic E-state index is 0.952. The van der Waals surface area contributed by atoms with Crippen molar-refractivity contribution in [3.8, 4) is 0 Å². The fourth-order valence-corrected chi connectivity index (χ4v) is 2.86. The molecule has 0 saturated heterocycles. The van der Waals surface area contributed by atoms with Gasteiger partial charge in [0.1, 0.15) is 0 Å². The molecule has 0 saturated carbocycles. The van der Waals surface area contributed by atoms with Gasteiger partial charge in [0.05, 0.1) is 0 Å². The smallest absolute Gasteiger partial charge is 0.0443 e. The molecule has 0 aromatic heterocycles. The number of hydrogen-bond acceptors (Lipinski definition) is 2. The van der Waals surface area contributed by atoms with Crippen molar-refractivity contribution in [1.82, 2.24) is 5.32 Å². The second-order valence-electron chi connectivity index (χ2n) is 5.33. The molecule has 1 heterocycles. The number of benzene rings is 2. The van der Waals surface area contributed by atoms with Crippen LogP contribution in [0.5, 0.6) is 0 Å². The topological polar surface area (TPSA) is 15.3 Å². The number of anilines is 2. The van der Waals surface area contributed by atoms with E-state index in [1.54, 1.807) is 0 Å². The lowest BCUT2D eigenvalue weighted by Crippen LogP contribution is -2.24. The first kappa shape index (κ1) is 13.2. The standard InChI is InChI=1S/C18H22N2/c1-2-19-14-15-9-11-17(12-10-15)20-13-5-7-16-6-3-4-8-18(16)20/h3-4,6,8-12,19H,2,5,7,13-14H2,1H3. The van der Waals surface area contributed by atoms with E-state index in [1.807, 2.05) is 0 Å². The predicted octanol–water partition coefficient (Wildman–Crippen LogP) is 3.88. The Labute approximate surface area is 121 Å². The van der Waals surface area contributed by atoms with Crippen LogP contribution in [0.25, 0.3) is 0 Å². The Bertz CT molecular complexity index is 560. The lowest BCUT2D eigenvalue weighted by molar-refractivity contribution is 0.726. The number of para-hydroxylation sites is 1. The zero-order valence-corrected chi connectivity index (χ0v) is 12.1. The maximum Gasteiger partial charge on any atom is 0.0443 e. The molecule has 0 bridgehead atoms. The summed E-state index contributed by atoms with van der Waals surface area (Å²) in [5.74, 6) is 0. The van der Waals surface area contributed by atoms with Crippen molar-refractivity contribution in [2.75, 3.05) is 18.0 Å². The van der Waals surface area contributed by atoms with Gasteiger partial charge in [-0.05, 0) is 48.7 Å². The highest BCUT2D eigenvalue weighted by atomic mass is 15.1. The lowest BCUT2D eigenvalue weighted by atomic mass is 10.0. The summed E-state index contributed by atoms with van der Waals surface area (Å²) >= 11 is 0. The van der Waals surface area contributed by atoms with Crippen molar-refractivity contribution >= 4 is 11.4 Å².